The molecule has 1 saturated heterocycles. The average Bonchev–Trinajstić information content (AvgIpc) is 3.30. The fourth-order valence-electron chi connectivity index (χ4n) is 3.92. The number of rotatable bonds is 5. The van der Waals surface area contributed by atoms with Gasteiger partial charge in [-0.3, -0.25) is 4.79 Å². The van der Waals surface area contributed by atoms with Gasteiger partial charge in [0.05, 0.1) is 16.1 Å². The molecule has 0 radical (unpaired) electrons. The molecule has 7 heteroatoms. The lowest BCUT2D eigenvalue weighted by atomic mass is 10.1. The van der Waals surface area contributed by atoms with E-state index in [2.05, 4.69) is 15.9 Å². The van der Waals surface area contributed by atoms with E-state index in [-0.39, 0.29) is 10.8 Å². The molecule has 1 aliphatic heterocycles. The highest BCUT2D eigenvalue weighted by Gasteiger charge is 2.29. The molecule has 0 unspecified atom stereocenters. The van der Waals surface area contributed by atoms with Gasteiger partial charge in [-0.25, -0.2) is 8.42 Å². The summed E-state index contributed by atoms with van der Waals surface area (Å²) < 4.78 is 28.0. The van der Waals surface area contributed by atoms with Crippen LogP contribution in [0.5, 0.6) is 0 Å². The summed E-state index contributed by atoms with van der Waals surface area (Å²) >= 11 is 3.45. The lowest BCUT2D eigenvalue weighted by Gasteiger charge is -2.24. The van der Waals surface area contributed by atoms with Crippen LogP contribution in [0.15, 0.2) is 70.0 Å². The zero-order valence-corrected chi connectivity index (χ0v) is 19.1. The van der Waals surface area contributed by atoms with Gasteiger partial charge in [-0.1, -0.05) is 36.4 Å². The number of fused-ring (bicyclic) bond motifs is 1. The van der Waals surface area contributed by atoms with Gasteiger partial charge < -0.3 is 4.90 Å². The Kier molecular flexibility index (Phi) is 5.95. The number of amides is 1. The highest BCUT2D eigenvalue weighted by molar-refractivity contribution is 9.10. The third kappa shape index (κ3) is 3.77. The zero-order valence-electron chi connectivity index (χ0n) is 16.7. The Balaban J connectivity index is 1.76. The molecule has 5 nitrogen and oxygen atoms in total. The molecular weight excluding hydrogens is 464 g/mol. The molecule has 3 aromatic rings. The van der Waals surface area contributed by atoms with Crippen LogP contribution < -0.4 is 4.90 Å². The predicted octanol–water partition coefficient (Wildman–Crippen LogP) is 5.05. The monoisotopic (exact) mass is 486 g/mol. The highest BCUT2D eigenvalue weighted by atomic mass is 79.9. The van der Waals surface area contributed by atoms with E-state index in [0.29, 0.717) is 29.7 Å². The molecule has 0 atom stereocenters. The summed E-state index contributed by atoms with van der Waals surface area (Å²) in [7, 11) is -3.60. The molecule has 1 fully saturated rings. The zero-order chi connectivity index (χ0) is 21.3. The largest absolute Gasteiger partial charge is 0.308 e. The van der Waals surface area contributed by atoms with Crippen LogP contribution in [0.4, 0.5) is 5.69 Å². The van der Waals surface area contributed by atoms with Crippen molar-refractivity contribution in [1.29, 1.82) is 0 Å². The molecule has 3 aromatic carbocycles. The third-order valence-corrected chi connectivity index (χ3v) is 8.08. The van der Waals surface area contributed by atoms with Crippen molar-refractivity contribution < 1.29 is 13.2 Å². The second-order valence-electron chi connectivity index (χ2n) is 7.30. The van der Waals surface area contributed by atoms with Gasteiger partial charge in [-0.15, -0.1) is 0 Å². The van der Waals surface area contributed by atoms with Crippen molar-refractivity contribution in [2.24, 2.45) is 0 Å². The summed E-state index contributed by atoms with van der Waals surface area (Å²) in [6.45, 7) is 3.43. The van der Waals surface area contributed by atoms with Gasteiger partial charge in [0, 0.05) is 29.5 Å². The lowest BCUT2D eigenvalue weighted by Crippen LogP contribution is -2.32. The molecule has 1 amide bonds. The van der Waals surface area contributed by atoms with Gasteiger partial charge in [0.1, 0.15) is 0 Å². The van der Waals surface area contributed by atoms with E-state index in [0.717, 1.165) is 29.3 Å². The minimum atomic E-state index is -3.60. The Bertz CT molecular complexity index is 1200. The number of carbonyl (C=O) groups excluding carboxylic acids is 1. The Hall–Kier alpha value is -2.22. The van der Waals surface area contributed by atoms with Crippen molar-refractivity contribution in [1.82, 2.24) is 4.31 Å². The van der Waals surface area contributed by atoms with Gasteiger partial charge >= 0.3 is 0 Å². The summed E-state index contributed by atoms with van der Waals surface area (Å²) in [6.07, 6.45) is 1.73. The topological polar surface area (TPSA) is 57.7 Å². The van der Waals surface area contributed by atoms with Crippen LogP contribution in [0.1, 0.15) is 30.1 Å². The molecule has 0 saturated carbocycles. The molecule has 156 valence electrons. The summed E-state index contributed by atoms with van der Waals surface area (Å²) in [5.41, 5.74) is 1.14. The summed E-state index contributed by atoms with van der Waals surface area (Å²) in [4.78, 5) is 15.4. The Labute approximate surface area is 185 Å². The minimum absolute atomic E-state index is 0.157. The van der Waals surface area contributed by atoms with Gasteiger partial charge in [0.15, 0.2) is 0 Å². The molecule has 0 N–H and O–H groups in total. The predicted molar refractivity (Wildman–Crippen MR) is 123 cm³/mol. The molecule has 0 aliphatic carbocycles. The fourth-order valence-corrected chi connectivity index (χ4v) is 5.88. The first-order valence-corrected chi connectivity index (χ1v) is 12.3. The van der Waals surface area contributed by atoms with Crippen LogP contribution in [0, 0.1) is 0 Å². The van der Waals surface area contributed by atoms with Crippen LogP contribution in [0.3, 0.4) is 0 Å². The SMILES string of the molecule is CCN(C(=O)c1cc(S(=O)(=O)N2CCCC2)ccc1Br)c1cccc2ccccc12. The molecule has 1 heterocycles. The van der Waals surface area contributed by atoms with E-state index in [4.69, 9.17) is 0 Å². The lowest BCUT2D eigenvalue weighted by molar-refractivity contribution is 0.0987. The van der Waals surface area contributed by atoms with E-state index in [1.54, 1.807) is 17.0 Å². The first kappa shape index (κ1) is 21.0. The van der Waals surface area contributed by atoms with E-state index in [1.807, 2.05) is 49.4 Å². The number of anilines is 1. The summed E-state index contributed by atoms with van der Waals surface area (Å²) in [5.74, 6) is -0.237. The molecular formula is C23H23BrN2O3S. The third-order valence-electron chi connectivity index (χ3n) is 5.49. The maximum atomic E-state index is 13.5. The maximum Gasteiger partial charge on any atom is 0.259 e. The van der Waals surface area contributed by atoms with Crippen LogP contribution in [0.2, 0.25) is 0 Å². The van der Waals surface area contributed by atoms with Gasteiger partial charge in [-0.05, 0) is 65.3 Å². The number of sulfonamides is 1. The van der Waals surface area contributed by atoms with Crippen LogP contribution in [-0.2, 0) is 10.0 Å². The highest BCUT2D eigenvalue weighted by Crippen LogP contribution is 2.31. The first-order chi connectivity index (χ1) is 14.4. The molecule has 0 aromatic heterocycles. The smallest absolute Gasteiger partial charge is 0.259 e. The van der Waals surface area contributed by atoms with E-state index in [1.165, 1.54) is 10.4 Å². The quantitative estimate of drug-likeness (QED) is 0.506. The van der Waals surface area contributed by atoms with Gasteiger partial charge in [0.25, 0.3) is 5.91 Å². The van der Waals surface area contributed by atoms with Crippen LogP contribution in [0.25, 0.3) is 10.8 Å². The standard InChI is InChI=1S/C23H23BrN2O3S/c1-2-26(22-11-7-9-17-8-3-4-10-19(17)22)23(27)20-16-18(12-13-21(20)24)30(28,29)25-14-5-6-15-25/h3-4,7-13,16H,2,5-6,14-15H2,1H3. The van der Waals surface area contributed by atoms with Crippen molar-refractivity contribution >= 4 is 48.3 Å². The minimum Gasteiger partial charge on any atom is -0.308 e. The average molecular weight is 487 g/mol. The van der Waals surface area contributed by atoms with Crippen LogP contribution in [-0.4, -0.2) is 38.3 Å². The van der Waals surface area contributed by atoms with Crippen molar-refractivity contribution in [3.63, 3.8) is 0 Å². The summed E-state index contributed by atoms with van der Waals surface area (Å²) in [6, 6.07) is 18.5. The van der Waals surface area contributed by atoms with Gasteiger partial charge in [0.2, 0.25) is 10.0 Å². The van der Waals surface area contributed by atoms with Crippen molar-refractivity contribution in [3.8, 4) is 0 Å². The first-order valence-electron chi connectivity index (χ1n) is 10.0. The van der Waals surface area contributed by atoms with E-state index in [9.17, 15) is 13.2 Å². The molecule has 1 aliphatic rings. The number of halogens is 1. The number of hydrogen-bond donors (Lipinski definition) is 0. The maximum absolute atomic E-state index is 13.5. The van der Waals surface area contributed by atoms with Crippen molar-refractivity contribution in [3.05, 3.63) is 70.7 Å². The Morgan fingerprint density at radius 2 is 1.73 bits per heavy atom. The van der Waals surface area contributed by atoms with Crippen molar-refractivity contribution in [2.45, 2.75) is 24.7 Å². The van der Waals surface area contributed by atoms with Crippen molar-refractivity contribution in [2.75, 3.05) is 24.5 Å². The van der Waals surface area contributed by atoms with E-state index < -0.39 is 10.0 Å². The number of hydrogen-bond acceptors (Lipinski definition) is 3. The van der Waals surface area contributed by atoms with Crippen LogP contribution >= 0.6 is 15.9 Å². The fraction of sp³-hybridized carbons (Fsp3) is 0.261. The molecule has 30 heavy (non-hydrogen) atoms. The molecule has 4 rings (SSSR count). The number of nitrogens with zero attached hydrogens (tertiary/aromatic N) is 2. The second-order valence-corrected chi connectivity index (χ2v) is 10.1. The normalized spacial score (nSPS) is 14.9. The number of benzene rings is 3. The molecule has 0 spiro atoms. The summed E-state index contributed by atoms with van der Waals surface area (Å²) in [5, 5.41) is 2.03. The Morgan fingerprint density at radius 1 is 1.03 bits per heavy atom. The Morgan fingerprint density at radius 3 is 2.47 bits per heavy atom. The van der Waals surface area contributed by atoms with E-state index >= 15 is 0 Å². The second kappa shape index (κ2) is 8.49. The number of carbonyl (C=O) groups is 1. The van der Waals surface area contributed by atoms with Gasteiger partial charge in [-0.2, -0.15) is 4.31 Å². The molecule has 0 bridgehead atoms.